The summed E-state index contributed by atoms with van der Waals surface area (Å²) in [6, 6.07) is 10.3. The smallest absolute Gasteiger partial charge is 0.270 e. The molecule has 1 atom stereocenters. The molecule has 0 saturated carbocycles. The van der Waals surface area contributed by atoms with E-state index in [1.165, 1.54) is 23.8 Å². The average Bonchev–Trinajstić information content (AvgIpc) is 3.08. The number of hydrogen-bond donors (Lipinski definition) is 2. The molecular weight excluding hydrogens is 358 g/mol. The number of rotatable bonds is 10. The topological polar surface area (TPSA) is 71.1 Å². The first-order valence-corrected chi connectivity index (χ1v) is 10.4. The van der Waals surface area contributed by atoms with Gasteiger partial charge in [-0.2, -0.15) is 0 Å². The lowest BCUT2D eigenvalue weighted by Gasteiger charge is -2.20. The Balaban J connectivity index is 1.91. The Morgan fingerprint density at radius 1 is 1.19 bits per heavy atom. The van der Waals surface area contributed by atoms with E-state index in [0.29, 0.717) is 18.2 Å². The molecule has 0 saturated heterocycles. The summed E-state index contributed by atoms with van der Waals surface area (Å²) < 4.78 is 0. The third-order valence-corrected chi connectivity index (χ3v) is 5.05. The highest BCUT2D eigenvalue weighted by atomic mass is 32.1. The second-order valence-corrected chi connectivity index (χ2v) is 8.15. The molecular formula is C21H29N3O2S. The van der Waals surface area contributed by atoms with Crippen LogP contribution in [0.15, 0.2) is 35.7 Å². The van der Waals surface area contributed by atoms with Crippen molar-refractivity contribution in [3.63, 3.8) is 0 Å². The predicted molar refractivity (Wildman–Crippen MR) is 110 cm³/mol. The quantitative estimate of drug-likeness (QED) is 0.612. The Labute approximate surface area is 165 Å². The van der Waals surface area contributed by atoms with E-state index in [1.807, 2.05) is 23.6 Å². The minimum atomic E-state index is -0.110. The first-order chi connectivity index (χ1) is 12.9. The van der Waals surface area contributed by atoms with E-state index in [9.17, 15) is 9.59 Å². The summed E-state index contributed by atoms with van der Waals surface area (Å²) in [4.78, 5) is 28.0. The first kappa shape index (κ1) is 21.1. The Morgan fingerprint density at radius 2 is 1.93 bits per heavy atom. The SMILES string of the molecule is CC(=O)NCCCc1nc(C(=O)N[C@@H](Cc2ccccc2)CC(C)C)cs1. The van der Waals surface area contributed by atoms with Crippen molar-refractivity contribution in [2.24, 2.45) is 5.92 Å². The number of nitrogens with zero attached hydrogens (tertiary/aromatic N) is 1. The maximum absolute atomic E-state index is 12.6. The summed E-state index contributed by atoms with van der Waals surface area (Å²) in [7, 11) is 0. The van der Waals surface area contributed by atoms with Crippen molar-refractivity contribution in [2.75, 3.05) is 6.54 Å². The fourth-order valence-corrected chi connectivity index (χ4v) is 3.77. The van der Waals surface area contributed by atoms with Gasteiger partial charge in [-0.15, -0.1) is 11.3 Å². The van der Waals surface area contributed by atoms with Crippen LogP contribution in [-0.4, -0.2) is 29.4 Å². The molecule has 2 amide bonds. The van der Waals surface area contributed by atoms with Crippen molar-refractivity contribution in [2.45, 2.75) is 52.5 Å². The van der Waals surface area contributed by atoms with Gasteiger partial charge in [0.2, 0.25) is 5.91 Å². The van der Waals surface area contributed by atoms with Crippen LogP contribution in [0, 0.1) is 5.92 Å². The molecule has 2 N–H and O–H groups in total. The van der Waals surface area contributed by atoms with Crippen LogP contribution in [-0.2, 0) is 17.6 Å². The fourth-order valence-electron chi connectivity index (χ4n) is 2.95. The summed E-state index contributed by atoms with van der Waals surface area (Å²) in [5, 5.41) is 8.67. The van der Waals surface area contributed by atoms with Crippen molar-refractivity contribution in [1.29, 1.82) is 0 Å². The van der Waals surface area contributed by atoms with E-state index in [1.54, 1.807) is 0 Å². The van der Waals surface area contributed by atoms with Crippen LogP contribution >= 0.6 is 11.3 Å². The summed E-state index contributed by atoms with van der Waals surface area (Å²) >= 11 is 1.50. The highest BCUT2D eigenvalue weighted by Crippen LogP contribution is 2.15. The zero-order chi connectivity index (χ0) is 19.6. The molecule has 0 aliphatic rings. The van der Waals surface area contributed by atoms with Gasteiger partial charge >= 0.3 is 0 Å². The standard InChI is InChI=1S/C21H29N3O2S/c1-15(2)12-18(13-17-8-5-4-6-9-17)23-21(26)19-14-27-20(24-19)10-7-11-22-16(3)25/h4-6,8-9,14-15,18H,7,10-13H2,1-3H3,(H,22,25)(H,23,26)/t18-/m1/s1. The van der Waals surface area contributed by atoms with Crippen LogP contribution in [0.1, 0.15) is 54.7 Å². The average molecular weight is 388 g/mol. The van der Waals surface area contributed by atoms with Gasteiger partial charge in [0.1, 0.15) is 5.69 Å². The van der Waals surface area contributed by atoms with Gasteiger partial charge in [-0.3, -0.25) is 9.59 Å². The molecule has 2 aromatic rings. The number of hydrogen-bond acceptors (Lipinski definition) is 4. The summed E-state index contributed by atoms with van der Waals surface area (Å²) in [5.41, 5.74) is 1.71. The van der Waals surface area contributed by atoms with Gasteiger partial charge in [-0.1, -0.05) is 44.2 Å². The van der Waals surface area contributed by atoms with Gasteiger partial charge in [0.05, 0.1) is 5.01 Å². The number of carbonyl (C=O) groups is 2. The highest BCUT2D eigenvalue weighted by molar-refractivity contribution is 7.09. The van der Waals surface area contributed by atoms with E-state index in [-0.39, 0.29) is 17.9 Å². The minimum absolute atomic E-state index is 0.0242. The van der Waals surface area contributed by atoms with Crippen LogP contribution in [0.5, 0.6) is 0 Å². The van der Waals surface area contributed by atoms with Crippen LogP contribution in [0.4, 0.5) is 0 Å². The Hall–Kier alpha value is -2.21. The highest BCUT2D eigenvalue weighted by Gasteiger charge is 2.18. The lowest BCUT2D eigenvalue weighted by atomic mass is 9.97. The van der Waals surface area contributed by atoms with Crippen molar-refractivity contribution >= 4 is 23.2 Å². The van der Waals surface area contributed by atoms with Crippen molar-refractivity contribution in [3.8, 4) is 0 Å². The van der Waals surface area contributed by atoms with E-state index >= 15 is 0 Å². The van der Waals surface area contributed by atoms with Crippen molar-refractivity contribution in [1.82, 2.24) is 15.6 Å². The Bertz CT molecular complexity index is 728. The molecule has 1 heterocycles. The number of nitrogens with one attached hydrogen (secondary N) is 2. The number of amides is 2. The summed E-state index contributed by atoms with van der Waals surface area (Å²) in [5.74, 6) is 0.364. The number of aromatic nitrogens is 1. The maximum Gasteiger partial charge on any atom is 0.270 e. The molecule has 1 aromatic carbocycles. The van der Waals surface area contributed by atoms with E-state index < -0.39 is 0 Å². The van der Waals surface area contributed by atoms with Crippen LogP contribution < -0.4 is 10.6 Å². The van der Waals surface area contributed by atoms with Crippen molar-refractivity contribution < 1.29 is 9.59 Å². The number of benzene rings is 1. The maximum atomic E-state index is 12.6. The predicted octanol–water partition coefficient (Wildman–Crippen LogP) is 3.60. The molecule has 2 rings (SSSR count). The first-order valence-electron chi connectivity index (χ1n) is 9.47. The number of aryl methyl sites for hydroxylation is 1. The molecule has 0 spiro atoms. The molecule has 1 aromatic heterocycles. The zero-order valence-electron chi connectivity index (χ0n) is 16.3. The van der Waals surface area contributed by atoms with Crippen molar-refractivity contribution in [3.05, 3.63) is 52.0 Å². The second kappa shape index (κ2) is 10.8. The monoisotopic (exact) mass is 387 g/mol. The molecule has 0 aliphatic heterocycles. The van der Waals surface area contributed by atoms with Crippen LogP contribution in [0.2, 0.25) is 0 Å². The molecule has 27 heavy (non-hydrogen) atoms. The van der Waals surface area contributed by atoms with Gasteiger partial charge in [-0.25, -0.2) is 4.98 Å². The fraction of sp³-hybridized carbons (Fsp3) is 0.476. The molecule has 0 unspecified atom stereocenters. The molecule has 0 fully saturated rings. The normalized spacial score (nSPS) is 12.0. The number of thiazole rings is 1. The second-order valence-electron chi connectivity index (χ2n) is 7.20. The molecule has 0 bridgehead atoms. The zero-order valence-corrected chi connectivity index (χ0v) is 17.1. The Morgan fingerprint density at radius 3 is 2.59 bits per heavy atom. The van der Waals surface area contributed by atoms with Gasteiger partial charge < -0.3 is 10.6 Å². The molecule has 0 aliphatic carbocycles. The van der Waals surface area contributed by atoms with Crippen LogP contribution in [0.25, 0.3) is 0 Å². The van der Waals surface area contributed by atoms with Gasteiger partial charge in [0, 0.05) is 31.3 Å². The molecule has 6 heteroatoms. The molecule has 146 valence electrons. The lowest BCUT2D eigenvalue weighted by Crippen LogP contribution is -2.37. The Kier molecular flexibility index (Phi) is 8.45. The third kappa shape index (κ3) is 7.91. The third-order valence-electron chi connectivity index (χ3n) is 4.14. The van der Waals surface area contributed by atoms with E-state index in [0.717, 1.165) is 30.7 Å². The minimum Gasteiger partial charge on any atom is -0.356 e. The van der Waals surface area contributed by atoms with E-state index in [4.69, 9.17) is 0 Å². The largest absolute Gasteiger partial charge is 0.356 e. The van der Waals surface area contributed by atoms with Gasteiger partial charge in [0.25, 0.3) is 5.91 Å². The molecule has 0 radical (unpaired) electrons. The summed E-state index contributed by atoms with van der Waals surface area (Å²) in [6.07, 6.45) is 3.32. The number of carbonyl (C=O) groups excluding carboxylic acids is 2. The van der Waals surface area contributed by atoms with Gasteiger partial charge in [-0.05, 0) is 30.7 Å². The van der Waals surface area contributed by atoms with E-state index in [2.05, 4.69) is 41.6 Å². The van der Waals surface area contributed by atoms with Crippen LogP contribution in [0.3, 0.4) is 0 Å². The summed E-state index contributed by atoms with van der Waals surface area (Å²) in [6.45, 7) is 6.47. The van der Waals surface area contributed by atoms with Gasteiger partial charge in [0.15, 0.2) is 0 Å². The molecule has 5 nitrogen and oxygen atoms in total. The lowest BCUT2D eigenvalue weighted by molar-refractivity contribution is -0.118.